The molecular formula is C13H14FNO. The number of carbonyl (C=O) groups excluding carboxylic acids is 1. The molecular weight excluding hydrogens is 205 g/mol. The number of terminal acetylenes is 1. The highest BCUT2D eigenvalue weighted by atomic mass is 19.1. The number of hydrogen-bond donors (Lipinski definition) is 1. The Hall–Kier alpha value is -1.82. The molecule has 3 heteroatoms. The van der Waals surface area contributed by atoms with E-state index >= 15 is 0 Å². The fraction of sp³-hybridized carbons (Fsp3) is 0.308. The molecule has 16 heavy (non-hydrogen) atoms. The standard InChI is InChI=1S/C13H14FNO/c1-3-11(4-2)15-13(16)9-10-7-5-6-8-12(10)14/h1,5-8,11H,4,9H2,2H3,(H,15,16). The van der Waals surface area contributed by atoms with E-state index in [0.29, 0.717) is 12.0 Å². The molecule has 0 aliphatic rings. The van der Waals surface area contributed by atoms with Gasteiger partial charge in [0.1, 0.15) is 5.82 Å². The zero-order valence-electron chi connectivity index (χ0n) is 9.16. The van der Waals surface area contributed by atoms with Crippen molar-refractivity contribution in [2.45, 2.75) is 25.8 Å². The summed E-state index contributed by atoms with van der Waals surface area (Å²) < 4.78 is 13.2. The van der Waals surface area contributed by atoms with E-state index in [0.717, 1.165) is 0 Å². The molecule has 0 saturated heterocycles. The number of halogens is 1. The molecule has 0 saturated carbocycles. The van der Waals surface area contributed by atoms with Gasteiger partial charge in [0.05, 0.1) is 12.5 Å². The highest BCUT2D eigenvalue weighted by Crippen LogP contribution is 2.07. The fourth-order valence-electron chi connectivity index (χ4n) is 1.32. The predicted molar refractivity (Wildman–Crippen MR) is 61.2 cm³/mol. The Labute approximate surface area is 94.9 Å². The highest BCUT2D eigenvalue weighted by Gasteiger charge is 2.10. The normalized spacial score (nSPS) is 11.6. The maximum Gasteiger partial charge on any atom is 0.225 e. The fourth-order valence-corrected chi connectivity index (χ4v) is 1.32. The Bertz CT molecular complexity index is 409. The Morgan fingerprint density at radius 1 is 1.56 bits per heavy atom. The van der Waals surface area contributed by atoms with Gasteiger partial charge in [0, 0.05) is 0 Å². The van der Waals surface area contributed by atoms with Gasteiger partial charge < -0.3 is 5.32 Å². The molecule has 0 aliphatic heterocycles. The van der Waals surface area contributed by atoms with E-state index in [2.05, 4.69) is 11.2 Å². The molecule has 2 nitrogen and oxygen atoms in total. The summed E-state index contributed by atoms with van der Waals surface area (Å²) in [5.41, 5.74) is 0.381. The minimum Gasteiger partial charge on any atom is -0.342 e. The van der Waals surface area contributed by atoms with Crippen molar-refractivity contribution in [1.82, 2.24) is 5.32 Å². The van der Waals surface area contributed by atoms with Crippen LogP contribution < -0.4 is 5.32 Å². The average Bonchev–Trinajstić information content (AvgIpc) is 2.29. The zero-order valence-corrected chi connectivity index (χ0v) is 9.16. The van der Waals surface area contributed by atoms with Crippen molar-refractivity contribution in [2.24, 2.45) is 0 Å². The molecule has 0 spiro atoms. The lowest BCUT2D eigenvalue weighted by Gasteiger charge is -2.10. The van der Waals surface area contributed by atoms with Crippen molar-refractivity contribution in [3.8, 4) is 12.3 Å². The van der Waals surface area contributed by atoms with Crippen LogP contribution in [0.2, 0.25) is 0 Å². The third-order valence-electron chi connectivity index (χ3n) is 2.25. The molecule has 0 radical (unpaired) electrons. The third-order valence-corrected chi connectivity index (χ3v) is 2.25. The van der Waals surface area contributed by atoms with Gasteiger partial charge in [0.2, 0.25) is 5.91 Å². The van der Waals surface area contributed by atoms with E-state index in [9.17, 15) is 9.18 Å². The molecule has 0 bridgehead atoms. The summed E-state index contributed by atoms with van der Waals surface area (Å²) in [4.78, 5) is 11.5. The second-order valence-corrected chi connectivity index (χ2v) is 3.46. The summed E-state index contributed by atoms with van der Waals surface area (Å²) in [5, 5.41) is 2.65. The Balaban J connectivity index is 2.59. The van der Waals surface area contributed by atoms with Crippen LogP contribution >= 0.6 is 0 Å². The van der Waals surface area contributed by atoms with Crippen LogP contribution in [0.3, 0.4) is 0 Å². The van der Waals surface area contributed by atoms with Crippen molar-refractivity contribution >= 4 is 5.91 Å². The van der Waals surface area contributed by atoms with Gasteiger partial charge >= 0.3 is 0 Å². The lowest BCUT2D eigenvalue weighted by molar-refractivity contribution is -0.120. The molecule has 1 N–H and O–H groups in total. The minimum atomic E-state index is -0.369. The van der Waals surface area contributed by atoms with E-state index in [1.165, 1.54) is 6.07 Å². The largest absolute Gasteiger partial charge is 0.342 e. The molecule has 1 aromatic rings. The molecule has 1 rings (SSSR count). The van der Waals surface area contributed by atoms with Gasteiger partial charge in [-0.15, -0.1) is 6.42 Å². The smallest absolute Gasteiger partial charge is 0.225 e. The molecule has 1 amide bonds. The number of hydrogen-bond acceptors (Lipinski definition) is 1. The van der Waals surface area contributed by atoms with Crippen LogP contribution in [-0.4, -0.2) is 11.9 Å². The second-order valence-electron chi connectivity index (χ2n) is 3.46. The van der Waals surface area contributed by atoms with Gasteiger partial charge in [-0.2, -0.15) is 0 Å². The Morgan fingerprint density at radius 2 is 2.25 bits per heavy atom. The van der Waals surface area contributed by atoms with Gasteiger partial charge in [-0.1, -0.05) is 31.0 Å². The summed E-state index contributed by atoms with van der Waals surface area (Å²) in [6.45, 7) is 1.88. The van der Waals surface area contributed by atoms with E-state index in [-0.39, 0.29) is 24.2 Å². The summed E-state index contributed by atoms with van der Waals surface area (Å²) in [7, 11) is 0. The maximum atomic E-state index is 13.2. The van der Waals surface area contributed by atoms with Crippen LogP contribution in [0.5, 0.6) is 0 Å². The van der Waals surface area contributed by atoms with Gasteiger partial charge in [-0.05, 0) is 18.1 Å². The molecule has 1 unspecified atom stereocenters. The van der Waals surface area contributed by atoms with Crippen LogP contribution in [0, 0.1) is 18.2 Å². The predicted octanol–water partition coefficient (Wildman–Crippen LogP) is 1.90. The van der Waals surface area contributed by atoms with Crippen molar-refractivity contribution in [3.63, 3.8) is 0 Å². The Kier molecular flexibility index (Phi) is 4.53. The first kappa shape index (κ1) is 12.3. The maximum absolute atomic E-state index is 13.2. The molecule has 84 valence electrons. The minimum absolute atomic E-state index is 0.0187. The van der Waals surface area contributed by atoms with Crippen LogP contribution in [0.25, 0.3) is 0 Å². The molecule has 1 atom stereocenters. The van der Waals surface area contributed by atoms with Crippen molar-refractivity contribution in [2.75, 3.05) is 0 Å². The lowest BCUT2D eigenvalue weighted by Crippen LogP contribution is -2.34. The van der Waals surface area contributed by atoms with Crippen molar-refractivity contribution < 1.29 is 9.18 Å². The molecule has 0 aromatic heterocycles. The third kappa shape index (κ3) is 3.39. The van der Waals surface area contributed by atoms with Crippen LogP contribution in [-0.2, 0) is 11.2 Å². The SMILES string of the molecule is C#CC(CC)NC(=O)Cc1ccccc1F. The van der Waals surface area contributed by atoms with E-state index in [1.54, 1.807) is 18.2 Å². The summed E-state index contributed by atoms with van der Waals surface area (Å²) >= 11 is 0. The van der Waals surface area contributed by atoms with Crippen molar-refractivity contribution in [3.05, 3.63) is 35.6 Å². The van der Waals surface area contributed by atoms with Gasteiger partial charge in [-0.3, -0.25) is 4.79 Å². The number of carbonyl (C=O) groups is 1. The number of benzene rings is 1. The molecule has 1 aromatic carbocycles. The van der Waals surface area contributed by atoms with Gasteiger partial charge in [0.25, 0.3) is 0 Å². The van der Waals surface area contributed by atoms with Gasteiger partial charge in [0.15, 0.2) is 0 Å². The zero-order chi connectivity index (χ0) is 12.0. The summed E-state index contributed by atoms with van der Waals surface area (Å²) in [5.74, 6) is 1.83. The number of amides is 1. The second kappa shape index (κ2) is 5.92. The lowest BCUT2D eigenvalue weighted by atomic mass is 10.1. The number of rotatable bonds is 4. The van der Waals surface area contributed by atoms with E-state index in [1.807, 2.05) is 6.92 Å². The first-order valence-corrected chi connectivity index (χ1v) is 5.16. The first-order valence-electron chi connectivity index (χ1n) is 5.16. The number of nitrogens with one attached hydrogen (secondary N) is 1. The van der Waals surface area contributed by atoms with Crippen LogP contribution in [0.4, 0.5) is 4.39 Å². The summed E-state index contributed by atoms with van der Waals surface area (Å²) in [6.07, 6.45) is 5.90. The first-order chi connectivity index (χ1) is 7.67. The topological polar surface area (TPSA) is 29.1 Å². The van der Waals surface area contributed by atoms with Crippen molar-refractivity contribution in [1.29, 1.82) is 0 Å². The monoisotopic (exact) mass is 219 g/mol. The molecule has 0 fully saturated rings. The average molecular weight is 219 g/mol. The molecule has 0 aliphatic carbocycles. The highest BCUT2D eigenvalue weighted by molar-refractivity contribution is 5.79. The molecule has 0 heterocycles. The van der Waals surface area contributed by atoms with Gasteiger partial charge in [-0.25, -0.2) is 4.39 Å². The van der Waals surface area contributed by atoms with Crippen LogP contribution in [0.15, 0.2) is 24.3 Å². The Morgan fingerprint density at radius 3 is 2.81 bits per heavy atom. The quantitative estimate of drug-likeness (QED) is 0.770. The summed E-state index contributed by atoms with van der Waals surface area (Å²) in [6, 6.07) is 5.93. The van der Waals surface area contributed by atoms with Crippen LogP contribution in [0.1, 0.15) is 18.9 Å². The van der Waals surface area contributed by atoms with E-state index < -0.39 is 0 Å². The van der Waals surface area contributed by atoms with E-state index in [4.69, 9.17) is 6.42 Å².